The standard InChI is InChI=1S/C19H26N4O3S2/c1-4-13(2)23(14-9-10-28(25,26)12-14)17(24)11-27-19-21-16-8-6-5-7-15(16)18(20-3)22-19/h5-8,13-14H,4,9-12H2,1-3H3,(H,20,21,22)/t13-,14+/m1/s1. The average molecular weight is 423 g/mol. The number of benzene rings is 1. The van der Waals surface area contributed by atoms with Crippen molar-refractivity contribution in [3.63, 3.8) is 0 Å². The fourth-order valence-electron chi connectivity index (χ4n) is 3.51. The van der Waals surface area contributed by atoms with Crippen LogP contribution in [0.4, 0.5) is 5.82 Å². The average Bonchev–Trinajstić information content (AvgIpc) is 3.04. The van der Waals surface area contributed by atoms with Crippen LogP contribution in [0.2, 0.25) is 0 Å². The minimum Gasteiger partial charge on any atom is -0.372 e. The molecule has 3 rings (SSSR count). The van der Waals surface area contributed by atoms with Gasteiger partial charge in [-0.05, 0) is 31.9 Å². The number of para-hydroxylation sites is 1. The quantitative estimate of drug-likeness (QED) is 0.541. The summed E-state index contributed by atoms with van der Waals surface area (Å²) in [6.07, 6.45) is 1.29. The zero-order valence-corrected chi connectivity index (χ0v) is 18.0. The van der Waals surface area contributed by atoms with Gasteiger partial charge >= 0.3 is 0 Å². The number of sulfone groups is 1. The highest BCUT2D eigenvalue weighted by Crippen LogP contribution is 2.26. The predicted molar refractivity (Wildman–Crippen MR) is 113 cm³/mol. The minimum absolute atomic E-state index is 0.00297. The second kappa shape index (κ2) is 8.65. The number of amides is 1. The van der Waals surface area contributed by atoms with Gasteiger partial charge in [-0.15, -0.1) is 0 Å². The van der Waals surface area contributed by atoms with Gasteiger partial charge in [0.05, 0.1) is 22.8 Å². The van der Waals surface area contributed by atoms with Crippen molar-refractivity contribution in [3.05, 3.63) is 24.3 Å². The van der Waals surface area contributed by atoms with E-state index in [1.807, 2.05) is 38.1 Å². The van der Waals surface area contributed by atoms with E-state index in [9.17, 15) is 13.2 Å². The molecule has 2 heterocycles. The second-order valence-corrected chi connectivity index (χ2v) is 10.2. The molecule has 28 heavy (non-hydrogen) atoms. The molecule has 1 N–H and O–H groups in total. The normalized spacial score (nSPS) is 19.5. The molecule has 1 aliphatic rings. The molecular formula is C19H26N4O3S2. The lowest BCUT2D eigenvalue weighted by Gasteiger charge is -2.33. The van der Waals surface area contributed by atoms with Crippen LogP contribution in [0.1, 0.15) is 26.7 Å². The van der Waals surface area contributed by atoms with E-state index >= 15 is 0 Å². The van der Waals surface area contributed by atoms with Crippen molar-refractivity contribution >= 4 is 44.2 Å². The molecule has 0 bridgehead atoms. The summed E-state index contributed by atoms with van der Waals surface area (Å²) in [6.45, 7) is 3.98. The summed E-state index contributed by atoms with van der Waals surface area (Å²) in [5.41, 5.74) is 0.817. The van der Waals surface area contributed by atoms with Crippen molar-refractivity contribution in [1.82, 2.24) is 14.9 Å². The molecule has 0 unspecified atom stereocenters. The molecule has 0 radical (unpaired) electrons. The Balaban J connectivity index is 1.76. The van der Waals surface area contributed by atoms with Crippen LogP contribution < -0.4 is 5.32 Å². The molecular weight excluding hydrogens is 396 g/mol. The second-order valence-electron chi connectivity index (χ2n) is 7.03. The predicted octanol–water partition coefficient (Wildman–Crippen LogP) is 2.58. The Labute approximate surface area is 170 Å². The molecule has 1 aromatic heterocycles. The van der Waals surface area contributed by atoms with Gasteiger partial charge in [-0.25, -0.2) is 18.4 Å². The number of aromatic nitrogens is 2. The summed E-state index contributed by atoms with van der Waals surface area (Å²) >= 11 is 1.28. The monoisotopic (exact) mass is 422 g/mol. The van der Waals surface area contributed by atoms with Gasteiger partial charge in [-0.1, -0.05) is 30.8 Å². The molecule has 0 spiro atoms. The number of nitrogens with one attached hydrogen (secondary N) is 1. The molecule has 152 valence electrons. The van der Waals surface area contributed by atoms with E-state index in [0.29, 0.717) is 11.6 Å². The Morgan fingerprint density at radius 2 is 2.11 bits per heavy atom. The summed E-state index contributed by atoms with van der Waals surface area (Å²) in [5, 5.41) is 4.53. The van der Waals surface area contributed by atoms with Crippen LogP contribution in [0.3, 0.4) is 0 Å². The molecule has 1 aliphatic heterocycles. The Morgan fingerprint density at radius 3 is 2.75 bits per heavy atom. The number of fused-ring (bicyclic) bond motifs is 1. The number of nitrogens with zero attached hydrogens (tertiary/aromatic N) is 3. The van der Waals surface area contributed by atoms with Crippen molar-refractivity contribution in [2.75, 3.05) is 29.6 Å². The van der Waals surface area contributed by atoms with Crippen LogP contribution in [0.25, 0.3) is 10.9 Å². The van der Waals surface area contributed by atoms with Crippen LogP contribution >= 0.6 is 11.8 Å². The molecule has 1 saturated heterocycles. The summed E-state index contributed by atoms with van der Waals surface area (Å²) in [4.78, 5) is 23.8. The van der Waals surface area contributed by atoms with E-state index < -0.39 is 9.84 Å². The Bertz CT molecular complexity index is 965. The topological polar surface area (TPSA) is 92.3 Å². The van der Waals surface area contributed by atoms with Gasteiger partial charge in [-0.2, -0.15) is 0 Å². The van der Waals surface area contributed by atoms with E-state index in [0.717, 1.165) is 23.1 Å². The van der Waals surface area contributed by atoms with Gasteiger partial charge in [0.2, 0.25) is 5.91 Å². The molecule has 1 aromatic carbocycles. The van der Waals surface area contributed by atoms with Gasteiger partial charge < -0.3 is 10.2 Å². The van der Waals surface area contributed by atoms with E-state index in [1.165, 1.54) is 11.8 Å². The zero-order valence-electron chi connectivity index (χ0n) is 16.4. The first-order valence-electron chi connectivity index (χ1n) is 9.43. The van der Waals surface area contributed by atoms with Gasteiger partial charge in [-0.3, -0.25) is 4.79 Å². The smallest absolute Gasteiger partial charge is 0.233 e. The first-order chi connectivity index (χ1) is 13.3. The fourth-order valence-corrected chi connectivity index (χ4v) is 5.94. The molecule has 9 heteroatoms. The van der Waals surface area contributed by atoms with Crippen LogP contribution in [0, 0.1) is 0 Å². The largest absolute Gasteiger partial charge is 0.372 e. The third-order valence-corrected chi connectivity index (χ3v) is 7.68. The zero-order chi connectivity index (χ0) is 20.3. The van der Waals surface area contributed by atoms with Crippen molar-refractivity contribution in [2.45, 2.75) is 43.9 Å². The lowest BCUT2D eigenvalue weighted by Crippen LogP contribution is -2.47. The minimum atomic E-state index is -3.05. The number of carbonyl (C=O) groups excluding carboxylic acids is 1. The third-order valence-electron chi connectivity index (χ3n) is 5.10. The molecule has 1 amide bonds. The highest BCUT2D eigenvalue weighted by molar-refractivity contribution is 7.99. The van der Waals surface area contributed by atoms with Crippen LogP contribution in [0.15, 0.2) is 29.4 Å². The number of hydrogen-bond acceptors (Lipinski definition) is 7. The van der Waals surface area contributed by atoms with Crippen LogP contribution in [-0.2, 0) is 14.6 Å². The van der Waals surface area contributed by atoms with Crippen molar-refractivity contribution < 1.29 is 13.2 Å². The van der Waals surface area contributed by atoms with Crippen molar-refractivity contribution in [1.29, 1.82) is 0 Å². The number of thioether (sulfide) groups is 1. The molecule has 0 aliphatic carbocycles. The Morgan fingerprint density at radius 1 is 1.36 bits per heavy atom. The lowest BCUT2D eigenvalue weighted by atomic mass is 10.1. The van der Waals surface area contributed by atoms with Gasteiger partial charge in [0.15, 0.2) is 15.0 Å². The number of hydrogen-bond donors (Lipinski definition) is 1. The highest BCUT2D eigenvalue weighted by Gasteiger charge is 2.36. The van der Waals surface area contributed by atoms with E-state index in [1.54, 1.807) is 11.9 Å². The molecule has 0 saturated carbocycles. The first kappa shape index (κ1) is 20.9. The van der Waals surface area contributed by atoms with Gasteiger partial charge in [0.1, 0.15) is 5.82 Å². The highest BCUT2D eigenvalue weighted by atomic mass is 32.2. The molecule has 2 aromatic rings. The van der Waals surface area contributed by atoms with Crippen LogP contribution in [-0.4, -0.2) is 65.6 Å². The van der Waals surface area contributed by atoms with Gasteiger partial charge in [0, 0.05) is 24.5 Å². The summed E-state index contributed by atoms with van der Waals surface area (Å²) < 4.78 is 23.8. The number of carbonyl (C=O) groups is 1. The lowest BCUT2D eigenvalue weighted by molar-refractivity contribution is -0.132. The molecule has 1 fully saturated rings. The summed E-state index contributed by atoms with van der Waals surface area (Å²) in [5.74, 6) is 1.06. The number of anilines is 1. The molecule has 2 atom stereocenters. The van der Waals surface area contributed by atoms with E-state index in [4.69, 9.17) is 0 Å². The van der Waals surface area contributed by atoms with E-state index in [2.05, 4.69) is 15.3 Å². The maximum absolute atomic E-state index is 13.0. The van der Waals surface area contributed by atoms with Crippen molar-refractivity contribution in [2.24, 2.45) is 0 Å². The first-order valence-corrected chi connectivity index (χ1v) is 12.2. The third kappa shape index (κ3) is 4.57. The SMILES string of the molecule is CC[C@@H](C)N(C(=O)CSc1nc(NC)c2ccccc2n1)[C@H]1CCS(=O)(=O)C1. The summed E-state index contributed by atoms with van der Waals surface area (Å²) in [7, 11) is -1.24. The number of rotatable bonds is 7. The van der Waals surface area contributed by atoms with Crippen molar-refractivity contribution in [3.8, 4) is 0 Å². The van der Waals surface area contributed by atoms with E-state index in [-0.39, 0.29) is 35.2 Å². The van der Waals surface area contributed by atoms with Crippen LogP contribution in [0.5, 0.6) is 0 Å². The Kier molecular flexibility index (Phi) is 6.44. The maximum atomic E-state index is 13.0. The summed E-state index contributed by atoms with van der Waals surface area (Å²) in [6, 6.07) is 7.47. The fraction of sp³-hybridized carbons (Fsp3) is 0.526. The van der Waals surface area contributed by atoms with Gasteiger partial charge in [0.25, 0.3) is 0 Å². The Hall–Kier alpha value is -1.87. The molecule has 7 nitrogen and oxygen atoms in total. The maximum Gasteiger partial charge on any atom is 0.233 e.